The van der Waals surface area contributed by atoms with Gasteiger partial charge in [-0.15, -0.1) is 0 Å². The van der Waals surface area contributed by atoms with Crippen LogP contribution >= 0.6 is 11.6 Å². The quantitative estimate of drug-likeness (QED) is 0.863. The Bertz CT molecular complexity index is 702. The number of nitrogens with two attached hydrogens (primary N) is 1. The summed E-state index contributed by atoms with van der Waals surface area (Å²) in [5, 5.41) is 0.0657. The van der Waals surface area contributed by atoms with Crippen LogP contribution in [0.5, 0.6) is 0 Å². The highest BCUT2D eigenvalue weighted by atomic mass is 35.5. The number of nitrogens with zero attached hydrogens (tertiary/aromatic N) is 1. The molecule has 0 saturated heterocycles. The van der Waals surface area contributed by atoms with Crippen molar-refractivity contribution in [2.75, 3.05) is 5.73 Å². The van der Waals surface area contributed by atoms with Crippen molar-refractivity contribution in [3.63, 3.8) is 0 Å². The molecule has 5 heteroatoms. The second-order valence-electron chi connectivity index (χ2n) is 4.79. The van der Waals surface area contributed by atoms with Gasteiger partial charge >= 0.3 is 0 Å². The lowest BCUT2D eigenvalue weighted by Crippen LogP contribution is -2.23. The Morgan fingerprint density at radius 3 is 2.90 bits per heavy atom. The minimum absolute atomic E-state index is 0.0657. The van der Waals surface area contributed by atoms with Crippen LogP contribution in [0.25, 0.3) is 0 Å². The van der Waals surface area contributed by atoms with Crippen molar-refractivity contribution >= 4 is 23.2 Å². The summed E-state index contributed by atoms with van der Waals surface area (Å²) in [6.45, 7) is 0.653. The minimum Gasteiger partial charge on any atom is -0.399 e. The van der Waals surface area contributed by atoms with Crippen LogP contribution in [-0.2, 0) is 13.1 Å². The van der Waals surface area contributed by atoms with E-state index in [0.717, 1.165) is 5.56 Å². The van der Waals surface area contributed by atoms with Crippen molar-refractivity contribution in [3.8, 4) is 0 Å². The molecule has 0 aromatic heterocycles. The van der Waals surface area contributed by atoms with Crippen LogP contribution in [0.3, 0.4) is 0 Å². The van der Waals surface area contributed by atoms with Crippen LogP contribution < -0.4 is 5.73 Å². The predicted octanol–water partition coefficient (Wildman–Crippen LogP) is 3.22. The van der Waals surface area contributed by atoms with Gasteiger partial charge in [0.2, 0.25) is 0 Å². The van der Waals surface area contributed by atoms with Crippen LogP contribution in [0.15, 0.2) is 36.4 Å². The smallest absolute Gasteiger partial charge is 0.254 e. The first-order valence-electron chi connectivity index (χ1n) is 6.17. The number of fused-ring (bicyclic) bond motifs is 1. The van der Waals surface area contributed by atoms with Crippen molar-refractivity contribution in [1.82, 2.24) is 4.90 Å². The number of halogens is 2. The van der Waals surface area contributed by atoms with Crippen molar-refractivity contribution in [1.29, 1.82) is 0 Å². The second kappa shape index (κ2) is 4.80. The van der Waals surface area contributed by atoms with Crippen molar-refractivity contribution in [3.05, 3.63) is 63.9 Å². The van der Waals surface area contributed by atoms with Gasteiger partial charge in [0.1, 0.15) is 5.82 Å². The first kappa shape index (κ1) is 12.9. The average molecular weight is 291 g/mol. The van der Waals surface area contributed by atoms with Crippen molar-refractivity contribution in [2.45, 2.75) is 13.1 Å². The first-order valence-corrected chi connectivity index (χ1v) is 6.54. The Hall–Kier alpha value is -2.07. The summed E-state index contributed by atoms with van der Waals surface area (Å²) in [6.07, 6.45) is 0. The molecule has 20 heavy (non-hydrogen) atoms. The zero-order chi connectivity index (χ0) is 14.3. The summed E-state index contributed by atoms with van der Waals surface area (Å²) in [5.74, 6) is -0.607. The maximum Gasteiger partial charge on any atom is 0.254 e. The molecule has 2 aromatic carbocycles. The Morgan fingerprint density at radius 1 is 1.30 bits per heavy atom. The van der Waals surface area contributed by atoms with E-state index in [1.807, 2.05) is 6.07 Å². The topological polar surface area (TPSA) is 46.3 Å². The number of carbonyl (C=O) groups excluding carboxylic acids is 1. The fourth-order valence-electron chi connectivity index (χ4n) is 2.38. The summed E-state index contributed by atoms with van der Waals surface area (Å²) in [5.41, 5.74) is 8.14. The Kier molecular flexibility index (Phi) is 3.10. The number of rotatable bonds is 2. The molecule has 0 fully saturated rings. The standard InChI is InChI=1S/C15H12ClFN2O/c16-13-3-1-2-10(14(13)17)8-19-7-9-4-5-11(18)6-12(9)15(19)20/h1-6H,7-8,18H2. The normalized spacial score (nSPS) is 13.7. The molecule has 0 unspecified atom stereocenters. The lowest BCUT2D eigenvalue weighted by molar-refractivity contribution is 0.0765. The summed E-state index contributed by atoms with van der Waals surface area (Å²) in [6, 6.07) is 10.0. The molecular weight excluding hydrogens is 279 g/mol. The number of amides is 1. The predicted molar refractivity (Wildman–Crippen MR) is 75.8 cm³/mol. The molecule has 3 rings (SSSR count). The molecule has 0 atom stereocenters. The molecule has 1 heterocycles. The van der Waals surface area contributed by atoms with Gasteiger partial charge < -0.3 is 10.6 Å². The third kappa shape index (κ3) is 2.12. The van der Waals surface area contributed by atoms with E-state index in [1.54, 1.807) is 29.2 Å². The van der Waals surface area contributed by atoms with Crippen molar-refractivity contribution < 1.29 is 9.18 Å². The van der Waals surface area contributed by atoms with Gasteiger partial charge in [-0.05, 0) is 23.8 Å². The van der Waals surface area contributed by atoms with E-state index in [0.29, 0.717) is 23.4 Å². The van der Waals surface area contributed by atoms with Gasteiger partial charge in [0.15, 0.2) is 0 Å². The highest BCUT2D eigenvalue weighted by Gasteiger charge is 2.28. The molecule has 0 saturated carbocycles. The highest BCUT2D eigenvalue weighted by Crippen LogP contribution is 2.27. The lowest BCUT2D eigenvalue weighted by Gasteiger charge is -2.16. The molecule has 0 bridgehead atoms. The van der Waals surface area contributed by atoms with Crippen LogP contribution in [-0.4, -0.2) is 10.8 Å². The maximum absolute atomic E-state index is 13.9. The Morgan fingerprint density at radius 2 is 2.10 bits per heavy atom. The van der Waals surface area contributed by atoms with Gasteiger partial charge in [0.25, 0.3) is 5.91 Å². The van der Waals surface area contributed by atoms with E-state index in [9.17, 15) is 9.18 Å². The third-order valence-electron chi connectivity index (χ3n) is 3.41. The summed E-state index contributed by atoms with van der Waals surface area (Å²) < 4.78 is 13.9. The molecule has 102 valence electrons. The van der Waals surface area contributed by atoms with E-state index < -0.39 is 5.82 Å². The molecule has 2 aromatic rings. The molecule has 3 nitrogen and oxygen atoms in total. The van der Waals surface area contributed by atoms with Gasteiger partial charge in [-0.3, -0.25) is 4.79 Å². The molecule has 1 amide bonds. The summed E-state index contributed by atoms with van der Waals surface area (Å²) in [4.78, 5) is 13.8. The van der Waals surface area contributed by atoms with Gasteiger partial charge in [0.05, 0.1) is 5.02 Å². The van der Waals surface area contributed by atoms with Gasteiger partial charge in [-0.1, -0.05) is 29.8 Å². The van der Waals surface area contributed by atoms with E-state index >= 15 is 0 Å². The van der Waals surface area contributed by atoms with Gasteiger partial charge in [-0.2, -0.15) is 0 Å². The number of hydrogen-bond donors (Lipinski definition) is 1. The van der Waals surface area contributed by atoms with Crippen molar-refractivity contribution in [2.24, 2.45) is 0 Å². The largest absolute Gasteiger partial charge is 0.399 e. The Labute approximate surface area is 120 Å². The number of carbonyl (C=O) groups is 1. The maximum atomic E-state index is 13.9. The third-order valence-corrected chi connectivity index (χ3v) is 3.70. The first-order chi connectivity index (χ1) is 9.56. The number of hydrogen-bond acceptors (Lipinski definition) is 2. The van der Waals surface area contributed by atoms with Crippen LogP contribution in [0.1, 0.15) is 21.5 Å². The van der Waals surface area contributed by atoms with Crippen LogP contribution in [0.2, 0.25) is 5.02 Å². The molecular formula is C15H12ClFN2O. The molecule has 0 radical (unpaired) electrons. The molecule has 1 aliphatic heterocycles. The fraction of sp³-hybridized carbons (Fsp3) is 0.133. The molecule has 0 spiro atoms. The number of nitrogen functional groups attached to an aromatic ring is 1. The van der Waals surface area contributed by atoms with E-state index in [-0.39, 0.29) is 17.5 Å². The van der Waals surface area contributed by atoms with Crippen LogP contribution in [0, 0.1) is 5.82 Å². The lowest BCUT2D eigenvalue weighted by atomic mass is 10.1. The van der Waals surface area contributed by atoms with E-state index in [1.165, 1.54) is 6.07 Å². The molecule has 2 N–H and O–H groups in total. The average Bonchev–Trinajstić information content (AvgIpc) is 2.72. The molecule has 0 aliphatic carbocycles. The minimum atomic E-state index is -0.475. The monoisotopic (exact) mass is 290 g/mol. The Balaban J connectivity index is 1.88. The van der Waals surface area contributed by atoms with E-state index in [4.69, 9.17) is 17.3 Å². The summed E-state index contributed by atoms with van der Waals surface area (Å²) in [7, 11) is 0. The van der Waals surface area contributed by atoms with E-state index in [2.05, 4.69) is 0 Å². The van der Waals surface area contributed by atoms with Gasteiger partial charge in [-0.25, -0.2) is 4.39 Å². The number of benzene rings is 2. The van der Waals surface area contributed by atoms with Gasteiger partial charge in [0, 0.05) is 29.9 Å². The SMILES string of the molecule is Nc1ccc2c(c1)C(=O)N(Cc1cccc(Cl)c1F)C2. The van der Waals surface area contributed by atoms with Crippen LogP contribution in [0.4, 0.5) is 10.1 Å². The zero-order valence-electron chi connectivity index (χ0n) is 10.6. The zero-order valence-corrected chi connectivity index (χ0v) is 11.3. The number of anilines is 1. The molecule has 1 aliphatic rings. The second-order valence-corrected chi connectivity index (χ2v) is 5.20. The highest BCUT2D eigenvalue weighted by molar-refractivity contribution is 6.30. The summed E-state index contributed by atoms with van der Waals surface area (Å²) >= 11 is 5.75. The fourth-order valence-corrected chi connectivity index (χ4v) is 2.58.